The number of allylic oxidation sites excluding steroid dienone is 1. The van der Waals surface area contributed by atoms with Crippen LogP contribution in [-0.2, 0) is 5.41 Å². The van der Waals surface area contributed by atoms with E-state index in [0.29, 0.717) is 30.2 Å². The molecule has 2 aromatic rings. The van der Waals surface area contributed by atoms with Gasteiger partial charge in [-0.2, -0.15) is 0 Å². The van der Waals surface area contributed by atoms with Crippen LogP contribution in [0.4, 0.5) is 5.69 Å². The Labute approximate surface area is 162 Å². The highest BCUT2D eigenvalue weighted by molar-refractivity contribution is 6.07. The highest BCUT2D eigenvalue weighted by Gasteiger charge is 2.23. The average Bonchev–Trinajstić information content (AvgIpc) is 2.61. The number of hydrogen-bond donors (Lipinski definition) is 1. The van der Waals surface area contributed by atoms with E-state index in [-0.39, 0.29) is 11.2 Å². The summed E-state index contributed by atoms with van der Waals surface area (Å²) in [5, 5.41) is 0. The summed E-state index contributed by atoms with van der Waals surface area (Å²) in [5.41, 5.74) is 8.67. The molecule has 2 aromatic carbocycles. The quantitative estimate of drug-likeness (QED) is 0.412. The third kappa shape index (κ3) is 5.13. The molecule has 4 nitrogen and oxygen atoms in total. The summed E-state index contributed by atoms with van der Waals surface area (Å²) in [4.78, 5) is 12.5. The third-order valence-electron chi connectivity index (χ3n) is 4.15. The smallest absolute Gasteiger partial charge is 0.185 e. The molecular weight excluding hydrogens is 338 g/mol. The summed E-state index contributed by atoms with van der Waals surface area (Å²) >= 11 is 0. The predicted octanol–water partition coefficient (Wildman–Crippen LogP) is 5.26. The summed E-state index contributed by atoms with van der Waals surface area (Å²) in [6.45, 7) is 11.4. The van der Waals surface area contributed by atoms with Gasteiger partial charge < -0.3 is 15.2 Å². The van der Waals surface area contributed by atoms with Crippen LogP contribution in [-0.4, -0.2) is 19.0 Å². The van der Waals surface area contributed by atoms with Crippen LogP contribution in [0.3, 0.4) is 0 Å². The fraction of sp³-hybridized carbons (Fsp3) is 0.348. The van der Waals surface area contributed by atoms with Gasteiger partial charge >= 0.3 is 0 Å². The van der Waals surface area contributed by atoms with Crippen molar-refractivity contribution in [1.82, 2.24) is 0 Å². The van der Waals surface area contributed by atoms with Crippen LogP contribution in [0.25, 0.3) is 6.08 Å². The molecule has 0 aliphatic rings. The van der Waals surface area contributed by atoms with Gasteiger partial charge in [-0.3, -0.25) is 4.79 Å². The van der Waals surface area contributed by atoms with Crippen LogP contribution in [0.2, 0.25) is 0 Å². The topological polar surface area (TPSA) is 61.5 Å². The zero-order valence-electron chi connectivity index (χ0n) is 16.8. The maximum Gasteiger partial charge on any atom is 0.185 e. The molecule has 27 heavy (non-hydrogen) atoms. The monoisotopic (exact) mass is 367 g/mol. The minimum Gasteiger partial charge on any atom is -0.493 e. The molecule has 0 fully saturated rings. The van der Waals surface area contributed by atoms with E-state index in [0.717, 1.165) is 16.9 Å². The Kier molecular flexibility index (Phi) is 6.67. The fourth-order valence-corrected chi connectivity index (χ4v) is 2.81. The lowest BCUT2D eigenvalue weighted by atomic mass is 9.84. The Balaban J connectivity index is 2.51. The molecular formula is C23H29NO3. The number of rotatable bonds is 7. The first-order valence-corrected chi connectivity index (χ1v) is 9.29. The summed E-state index contributed by atoms with van der Waals surface area (Å²) in [6, 6.07) is 10.9. The highest BCUT2D eigenvalue weighted by atomic mass is 16.5. The van der Waals surface area contributed by atoms with Gasteiger partial charge in [0.1, 0.15) is 11.5 Å². The van der Waals surface area contributed by atoms with E-state index < -0.39 is 0 Å². The van der Waals surface area contributed by atoms with Crippen LogP contribution in [0.1, 0.15) is 56.1 Å². The van der Waals surface area contributed by atoms with E-state index in [1.165, 1.54) is 0 Å². The van der Waals surface area contributed by atoms with Gasteiger partial charge in [0, 0.05) is 16.8 Å². The van der Waals surface area contributed by atoms with Crippen molar-refractivity contribution in [1.29, 1.82) is 0 Å². The van der Waals surface area contributed by atoms with Gasteiger partial charge in [0.05, 0.1) is 18.8 Å². The summed E-state index contributed by atoms with van der Waals surface area (Å²) in [5.74, 6) is 1.37. The molecule has 0 radical (unpaired) electrons. The Morgan fingerprint density at radius 2 is 1.63 bits per heavy atom. The highest BCUT2D eigenvalue weighted by Crippen LogP contribution is 2.40. The van der Waals surface area contributed by atoms with E-state index >= 15 is 0 Å². The van der Waals surface area contributed by atoms with Crippen LogP contribution in [0.15, 0.2) is 42.5 Å². The number of anilines is 1. The second-order valence-electron chi connectivity index (χ2n) is 7.29. The molecule has 2 N–H and O–H groups in total. The van der Waals surface area contributed by atoms with Crippen LogP contribution in [0.5, 0.6) is 11.5 Å². The molecule has 144 valence electrons. The van der Waals surface area contributed by atoms with E-state index in [2.05, 4.69) is 20.8 Å². The van der Waals surface area contributed by atoms with Gasteiger partial charge in [-0.25, -0.2) is 0 Å². The molecule has 0 unspecified atom stereocenters. The molecule has 0 atom stereocenters. The third-order valence-corrected chi connectivity index (χ3v) is 4.15. The van der Waals surface area contributed by atoms with Gasteiger partial charge in [0.15, 0.2) is 5.78 Å². The summed E-state index contributed by atoms with van der Waals surface area (Å²) in [7, 11) is 0. The molecule has 0 bridgehead atoms. The first-order chi connectivity index (χ1) is 12.8. The number of ketones is 1. The molecule has 0 amide bonds. The maximum atomic E-state index is 12.5. The van der Waals surface area contributed by atoms with Gasteiger partial charge in [0.25, 0.3) is 0 Å². The van der Waals surface area contributed by atoms with Crippen LogP contribution in [0, 0.1) is 0 Å². The molecule has 0 heterocycles. The molecule has 4 heteroatoms. The fourth-order valence-electron chi connectivity index (χ4n) is 2.81. The number of nitrogen functional groups attached to an aromatic ring is 1. The van der Waals surface area contributed by atoms with Crippen molar-refractivity contribution in [2.75, 3.05) is 18.9 Å². The van der Waals surface area contributed by atoms with Gasteiger partial charge in [-0.15, -0.1) is 0 Å². The lowest BCUT2D eigenvalue weighted by Gasteiger charge is -2.25. The van der Waals surface area contributed by atoms with Crippen LogP contribution < -0.4 is 15.2 Å². The number of carbonyl (C=O) groups excluding carboxylic acids is 1. The SMILES string of the molecule is CCOc1ccc(C(C)(C)C)c(OCC)c1C=CC(=O)c1ccc(N)cc1. The number of carbonyl (C=O) groups is 1. The number of hydrogen-bond acceptors (Lipinski definition) is 4. The maximum absolute atomic E-state index is 12.5. The second kappa shape index (κ2) is 8.76. The van der Waals surface area contributed by atoms with Crippen LogP contribution >= 0.6 is 0 Å². The summed E-state index contributed by atoms with van der Waals surface area (Å²) < 4.78 is 11.8. The number of benzene rings is 2. The zero-order chi connectivity index (χ0) is 20.0. The molecule has 0 spiro atoms. The lowest BCUT2D eigenvalue weighted by Crippen LogP contribution is -2.15. The Morgan fingerprint density at radius 1 is 1.00 bits per heavy atom. The van der Waals surface area contributed by atoms with Crippen molar-refractivity contribution in [3.8, 4) is 11.5 Å². The van der Waals surface area contributed by atoms with Crippen molar-refractivity contribution in [2.24, 2.45) is 0 Å². The van der Waals surface area contributed by atoms with Crippen molar-refractivity contribution >= 4 is 17.5 Å². The molecule has 0 aliphatic carbocycles. The van der Waals surface area contributed by atoms with Gasteiger partial charge in [0.2, 0.25) is 0 Å². The number of nitrogens with two attached hydrogens (primary N) is 1. The van der Waals surface area contributed by atoms with E-state index in [9.17, 15) is 4.79 Å². The minimum absolute atomic E-state index is 0.0962. The molecule has 2 rings (SSSR count). The minimum atomic E-state index is -0.0984. The predicted molar refractivity (Wildman–Crippen MR) is 112 cm³/mol. The van der Waals surface area contributed by atoms with Crippen molar-refractivity contribution < 1.29 is 14.3 Å². The zero-order valence-corrected chi connectivity index (χ0v) is 16.8. The average molecular weight is 367 g/mol. The Hall–Kier alpha value is -2.75. The summed E-state index contributed by atoms with van der Waals surface area (Å²) in [6.07, 6.45) is 3.34. The molecule has 0 aliphatic heterocycles. The van der Waals surface area contributed by atoms with E-state index in [4.69, 9.17) is 15.2 Å². The van der Waals surface area contributed by atoms with Crippen molar-refractivity contribution in [3.05, 3.63) is 59.2 Å². The first kappa shape index (κ1) is 20.6. The standard InChI is InChI=1S/C23H29NO3/c1-6-26-21-15-13-19(23(3,4)5)22(27-7-2)18(21)12-14-20(25)16-8-10-17(24)11-9-16/h8-15H,6-7,24H2,1-5H3. The normalized spacial score (nSPS) is 11.6. The lowest BCUT2D eigenvalue weighted by molar-refractivity contribution is 0.104. The van der Waals surface area contributed by atoms with Crippen molar-refractivity contribution in [2.45, 2.75) is 40.0 Å². The van der Waals surface area contributed by atoms with Gasteiger partial charge in [-0.1, -0.05) is 26.8 Å². The van der Waals surface area contributed by atoms with Crippen molar-refractivity contribution in [3.63, 3.8) is 0 Å². The molecule has 0 saturated heterocycles. The number of ether oxygens (including phenoxy) is 2. The Morgan fingerprint density at radius 3 is 2.19 bits per heavy atom. The molecule has 0 saturated carbocycles. The van der Waals surface area contributed by atoms with E-state index in [1.807, 2.05) is 26.0 Å². The largest absolute Gasteiger partial charge is 0.493 e. The molecule has 0 aromatic heterocycles. The Bertz CT molecular complexity index is 815. The second-order valence-corrected chi connectivity index (χ2v) is 7.29. The van der Waals surface area contributed by atoms with E-state index in [1.54, 1.807) is 36.4 Å². The first-order valence-electron chi connectivity index (χ1n) is 9.29. The van der Waals surface area contributed by atoms with Gasteiger partial charge in [-0.05, 0) is 61.7 Å².